The SMILES string of the molecule is Cc1ccc(S(=O)(=O)N2CCCNC(=O)CC2c2ccccc2)cc1. The molecule has 0 aromatic heterocycles. The largest absolute Gasteiger partial charge is 0.356 e. The summed E-state index contributed by atoms with van der Waals surface area (Å²) in [6.07, 6.45) is 0.704. The van der Waals surface area contributed by atoms with Crippen molar-refractivity contribution in [1.29, 1.82) is 0 Å². The molecular weight excluding hydrogens is 336 g/mol. The molecule has 25 heavy (non-hydrogen) atoms. The molecule has 2 aromatic rings. The number of sulfonamides is 1. The number of hydrogen-bond acceptors (Lipinski definition) is 3. The quantitative estimate of drug-likeness (QED) is 0.917. The van der Waals surface area contributed by atoms with Crippen LogP contribution in [0.25, 0.3) is 0 Å². The van der Waals surface area contributed by atoms with E-state index in [9.17, 15) is 13.2 Å². The predicted molar refractivity (Wildman–Crippen MR) is 96.5 cm³/mol. The van der Waals surface area contributed by atoms with Crippen LogP contribution >= 0.6 is 0 Å². The summed E-state index contributed by atoms with van der Waals surface area (Å²) in [6.45, 7) is 2.78. The van der Waals surface area contributed by atoms with Crippen molar-refractivity contribution < 1.29 is 13.2 Å². The predicted octanol–water partition coefficient (Wildman–Crippen LogP) is 2.64. The van der Waals surface area contributed by atoms with Crippen LogP contribution in [-0.4, -0.2) is 31.7 Å². The van der Waals surface area contributed by atoms with Crippen LogP contribution in [0.2, 0.25) is 0 Å². The second-order valence-electron chi connectivity index (χ2n) is 6.26. The molecule has 2 aromatic carbocycles. The second-order valence-corrected chi connectivity index (χ2v) is 8.15. The van der Waals surface area contributed by atoms with E-state index in [-0.39, 0.29) is 17.2 Å². The molecule has 1 aliphatic heterocycles. The summed E-state index contributed by atoms with van der Waals surface area (Å²) in [6, 6.07) is 15.7. The average Bonchev–Trinajstić information content (AvgIpc) is 2.59. The van der Waals surface area contributed by atoms with Gasteiger partial charge in [-0.1, -0.05) is 48.0 Å². The molecule has 0 spiro atoms. The van der Waals surface area contributed by atoms with E-state index in [4.69, 9.17) is 0 Å². The Hall–Kier alpha value is -2.18. The monoisotopic (exact) mass is 358 g/mol. The molecule has 1 heterocycles. The second kappa shape index (κ2) is 7.37. The Balaban J connectivity index is 2.04. The molecule has 1 N–H and O–H groups in total. The number of benzene rings is 2. The molecule has 0 bridgehead atoms. The van der Waals surface area contributed by atoms with Gasteiger partial charge in [0.05, 0.1) is 10.9 Å². The van der Waals surface area contributed by atoms with Crippen molar-refractivity contribution in [2.24, 2.45) is 0 Å². The van der Waals surface area contributed by atoms with Gasteiger partial charge in [-0.3, -0.25) is 4.79 Å². The summed E-state index contributed by atoms with van der Waals surface area (Å²) in [5, 5.41) is 2.84. The average molecular weight is 358 g/mol. The van der Waals surface area contributed by atoms with E-state index in [1.54, 1.807) is 24.3 Å². The first-order chi connectivity index (χ1) is 12.0. The van der Waals surface area contributed by atoms with Gasteiger partial charge in [0.2, 0.25) is 15.9 Å². The highest BCUT2D eigenvalue weighted by atomic mass is 32.2. The number of nitrogens with one attached hydrogen (secondary N) is 1. The molecule has 1 atom stereocenters. The van der Waals surface area contributed by atoms with Crippen molar-refractivity contribution in [3.8, 4) is 0 Å². The molecule has 1 fully saturated rings. The minimum absolute atomic E-state index is 0.120. The van der Waals surface area contributed by atoms with Gasteiger partial charge >= 0.3 is 0 Å². The van der Waals surface area contributed by atoms with Crippen molar-refractivity contribution in [3.63, 3.8) is 0 Å². The van der Waals surface area contributed by atoms with Crippen LogP contribution in [0, 0.1) is 6.92 Å². The van der Waals surface area contributed by atoms with E-state index < -0.39 is 16.1 Å². The molecule has 1 unspecified atom stereocenters. The van der Waals surface area contributed by atoms with Gasteiger partial charge in [-0.15, -0.1) is 0 Å². The van der Waals surface area contributed by atoms with E-state index in [2.05, 4.69) is 5.32 Å². The highest BCUT2D eigenvalue weighted by molar-refractivity contribution is 7.89. The molecule has 1 aliphatic rings. The zero-order valence-corrected chi connectivity index (χ0v) is 15.0. The lowest BCUT2D eigenvalue weighted by molar-refractivity contribution is -0.122. The Bertz CT molecular complexity index is 833. The molecule has 0 saturated carbocycles. The Morgan fingerprint density at radius 1 is 1.04 bits per heavy atom. The molecule has 6 heteroatoms. The Morgan fingerprint density at radius 2 is 1.72 bits per heavy atom. The standard InChI is InChI=1S/C19H22N2O3S/c1-15-8-10-17(11-9-15)25(23,24)21-13-5-12-20-19(22)14-18(21)16-6-3-2-4-7-16/h2-4,6-11,18H,5,12-14H2,1H3,(H,20,22). The zero-order valence-electron chi connectivity index (χ0n) is 14.2. The van der Waals surface area contributed by atoms with Gasteiger partial charge in [0.1, 0.15) is 0 Å². The number of aryl methyl sites for hydroxylation is 1. The van der Waals surface area contributed by atoms with Gasteiger partial charge in [0.25, 0.3) is 0 Å². The van der Waals surface area contributed by atoms with Gasteiger partial charge < -0.3 is 5.32 Å². The van der Waals surface area contributed by atoms with Crippen LogP contribution in [0.1, 0.15) is 30.0 Å². The van der Waals surface area contributed by atoms with Gasteiger partial charge in [0, 0.05) is 19.5 Å². The molecule has 1 saturated heterocycles. The third-order valence-corrected chi connectivity index (χ3v) is 6.34. The summed E-state index contributed by atoms with van der Waals surface area (Å²) < 4.78 is 28.0. The maximum atomic E-state index is 13.2. The van der Waals surface area contributed by atoms with E-state index >= 15 is 0 Å². The lowest BCUT2D eigenvalue weighted by Gasteiger charge is -2.32. The Labute approximate surface area is 148 Å². The van der Waals surface area contributed by atoms with Crippen LogP contribution in [0.3, 0.4) is 0 Å². The number of amides is 1. The van der Waals surface area contributed by atoms with E-state index in [0.717, 1.165) is 11.1 Å². The third-order valence-electron chi connectivity index (χ3n) is 4.42. The maximum Gasteiger partial charge on any atom is 0.243 e. The van der Waals surface area contributed by atoms with E-state index in [1.807, 2.05) is 37.3 Å². The van der Waals surface area contributed by atoms with Crippen molar-refractivity contribution in [2.45, 2.75) is 30.7 Å². The van der Waals surface area contributed by atoms with Gasteiger partial charge in [-0.05, 0) is 31.0 Å². The highest BCUT2D eigenvalue weighted by Gasteiger charge is 2.34. The lowest BCUT2D eigenvalue weighted by Crippen LogP contribution is -2.42. The van der Waals surface area contributed by atoms with Crippen LogP contribution in [0.5, 0.6) is 0 Å². The van der Waals surface area contributed by atoms with Crippen molar-refractivity contribution in [2.75, 3.05) is 13.1 Å². The van der Waals surface area contributed by atoms with Gasteiger partial charge in [-0.25, -0.2) is 8.42 Å². The topological polar surface area (TPSA) is 66.5 Å². The normalized spacial score (nSPS) is 19.7. The first-order valence-electron chi connectivity index (χ1n) is 8.38. The van der Waals surface area contributed by atoms with Crippen molar-refractivity contribution >= 4 is 15.9 Å². The fourth-order valence-electron chi connectivity index (χ4n) is 3.06. The fraction of sp³-hybridized carbons (Fsp3) is 0.316. The summed E-state index contributed by atoms with van der Waals surface area (Å²) in [5.74, 6) is -0.127. The number of nitrogens with zero attached hydrogens (tertiary/aromatic N) is 1. The molecule has 0 aliphatic carbocycles. The number of carbonyl (C=O) groups is 1. The highest BCUT2D eigenvalue weighted by Crippen LogP contribution is 2.31. The molecular formula is C19H22N2O3S. The number of hydrogen-bond donors (Lipinski definition) is 1. The van der Waals surface area contributed by atoms with Crippen LogP contribution in [0.15, 0.2) is 59.5 Å². The van der Waals surface area contributed by atoms with E-state index in [0.29, 0.717) is 19.5 Å². The minimum Gasteiger partial charge on any atom is -0.356 e. The summed E-state index contributed by atoms with van der Waals surface area (Å²) in [7, 11) is -3.69. The van der Waals surface area contributed by atoms with Gasteiger partial charge in [0.15, 0.2) is 0 Å². The number of carbonyl (C=O) groups excluding carboxylic acids is 1. The fourth-order valence-corrected chi connectivity index (χ4v) is 4.71. The van der Waals surface area contributed by atoms with Crippen LogP contribution in [-0.2, 0) is 14.8 Å². The first kappa shape index (κ1) is 17.6. The molecule has 132 valence electrons. The van der Waals surface area contributed by atoms with Crippen molar-refractivity contribution in [3.05, 3.63) is 65.7 Å². The Kier molecular flexibility index (Phi) is 5.20. The lowest BCUT2D eigenvalue weighted by atomic mass is 10.0. The third kappa shape index (κ3) is 3.91. The van der Waals surface area contributed by atoms with Gasteiger partial charge in [-0.2, -0.15) is 4.31 Å². The summed E-state index contributed by atoms with van der Waals surface area (Å²) in [4.78, 5) is 12.4. The zero-order chi connectivity index (χ0) is 17.9. The number of rotatable bonds is 3. The molecule has 5 nitrogen and oxygen atoms in total. The van der Waals surface area contributed by atoms with Crippen molar-refractivity contribution in [1.82, 2.24) is 9.62 Å². The first-order valence-corrected chi connectivity index (χ1v) is 9.82. The summed E-state index contributed by atoms with van der Waals surface area (Å²) >= 11 is 0. The molecule has 3 rings (SSSR count). The van der Waals surface area contributed by atoms with E-state index in [1.165, 1.54) is 4.31 Å². The van der Waals surface area contributed by atoms with Crippen LogP contribution in [0.4, 0.5) is 0 Å². The molecule has 0 radical (unpaired) electrons. The Morgan fingerprint density at radius 3 is 2.40 bits per heavy atom. The summed E-state index contributed by atoms with van der Waals surface area (Å²) in [5.41, 5.74) is 1.83. The smallest absolute Gasteiger partial charge is 0.243 e. The van der Waals surface area contributed by atoms with Crippen LogP contribution < -0.4 is 5.32 Å². The molecule has 1 amide bonds. The maximum absolute atomic E-state index is 13.2. The minimum atomic E-state index is -3.69.